The molecule has 4 atom stereocenters. The van der Waals surface area contributed by atoms with Crippen molar-refractivity contribution < 1.29 is 13.6 Å². The van der Waals surface area contributed by atoms with Gasteiger partial charge in [0.1, 0.15) is 6.29 Å². The highest BCUT2D eigenvalue weighted by molar-refractivity contribution is 9.28. The third-order valence-corrected chi connectivity index (χ3v) is 22.7. The van der Waals surface area contributed by atoms with E-state index < -0.39 is 16.6 Å². The zero-order valence-electron chi connectivity index (χ0n) is 37.7. The van der Waals surface area contributed by atoms with E-state index in [4.69, 9.17) is 8.85 Å². The average Bonchev–Trinajstić information content (AvgIpc) is 3.27. The van der Waals surface area contributed by atoms with Crippen LogP contribution in [0.1, 0.15) is 66.5 Å². The molecule has 0 N–H and O–H groups in total. The number of hydrogen-bond donors (Lipinski definition) is 0. The van der Waals surface area contributed by atoms with Gasteiger partial charge < -0.3 is 13.6 Å². The van der Waals surface area contributed by atoms with Gasteiger partial charge in [-0.1, -0.05) is 230 Å². The minimum atomic E-state index is -2.67. The molecule has 0 radical (unpaired) electrons. The SMILES string of the molecule is C[C@H](O[Si](c1ccccc1)(c1ccccc1)C(C)(C)C)[C@@H](C=C(Br)Br)Cc1ccccc1.C[C@H](O[Si](c1ccccc1)(c1ccccc1)C(C)(C)C)[C@@H](C=O)Cc1ccccc1. The lowest BCUT2D eigenvalue weighted by Crippen LogP contribution is -2.68. The third-order valence-electron chi connectivity index (χ3n) is 11.9. The number of benzene rings is 6. The van der Waals surface area contributed by atoms with Gasteiger partial charge in [0, 0.05) is 17.9 Å². The van der Waals surface area contributed by atoms with Crippen molar-refractivity contribution in [1.29, 1.82) is 0 Å². The van der Waals surface area contributed by atoms with Gasteiger partial charge in [0.25, 0.3) is 16.6 Å². The summed E-state index contributed by atoms with van der Waals surface area (Å²) in [6, 6.07) is 63.7. The van der Waals surface area contributed by atoms with Crippen LogP contribution in [-0.2, 0) is 26.5 Å². The summed E-state index contributed by atoms with van der Waals surface area (Å²) in [5.74, 6) is 0.0156. The van der Waals surface area contributed by atoms with E-state index in [-0.39, 0.29) is 34.1 Å². The van der Waals surface area contributed by atoms with Crippen LogP contribution in [0.4, 0.5) is 0 Å². The summed E-state index contributed by atoms with van der Waals surface area (Å²) in [7, 11) is -5.27. The van der Waals surface area contributed by atoms with Crippen molar-refractivity contribution >= 4 is 75.5 Å². The fourth-order valence-corrected chi connectivity index (χ4v) is 18.9. The fourth-order valence-electron chi connectivity index (χ4n) is 8.73. The molecule has 0 saturated heterocycles. The van der Waals surface area contributed by atoms with Crippen LogP contribution >= 0.6 is 31.9 Å². The molecule has 324 valence electrons. The van der Waals surface area contributed by atoms with Gasteiger partial charge >= 0.3 is 0 Å². The summed E-state index contributed by atoms with van der Waals surface area (Å²) >= 11 is 7.20. The van der Waals surface area contributed by atoms with Crippen LogP contribution in [0.2, 0.25) is 10.1 Å². The Morgan fingerprint density at radius 2 is 0.726 bits per heavy atom. The van der Waals surface area contributed by atoms with E-state index in [0.29, 0.717) is 6.42 Å². The lowest BCUT2D eigenvalue weighted by Gasteiger charge is -2.45. The number of halogens is 2. The molecule has 6 rings (SSSR count). The highest BCUT2D eigenvalue weighted by Crippen LogP contribution is 2.40. The zero-order chi connectivity index (χ0) is 44.8. The largest absolute Gasteiger partial charge is 0.404 e. The number of carbonyl (C=O) groups excluding carboxylic acids is 1. The molecule has 0 aromatic heterocycles. The van der Waals surface area contributed by atoms with E-state index in [0.717, 1.165) is 21.7 Å². The summed E-state index contributed by atoms with van der Waals surface area (Å²) in [6.07, 6.45) is 4.72. The Hall–Kier alpha value is -3.96. The molecular weight excluding hydrogens is 925 g/mol. The summed E-state index contributed by atoms with van der Waals surface area (Å²) in [5.41, 5.74) is 2.47. The van der Waals surface area contributed by atoms with E-state index in [9.17, 15) is 4.79 Å². The lowest BCUT2D eigenvalue weighted by atomic mass is 9.95. The number of rotatable bonds is 16. The molecule has 3 nitrogen and oxygen atoms in total. The first-order valence-corrected chi connectivity index (χ1v) is 27.2. The summed E-state index contributed by atoms with van der Waals surface area (Å²) in [5, 5.41) is 4.94. The molecule has 6 aromatic carbocycles. The van der Waals surface area contributed by atoms with Crippen LogP contribution in [0.3, 0.4) is 0 Å². The standard InChI is InChI=1S/C28H32Br2OSi.C27H32O2Si/c1-22(24(21-27(29)30)20-23-14-8-5-9-15-23)31-32(28(2,3)4,25-16-10-6-11-17-25)26-18-12-7-13-19-26;1-22(24(21-28)20-23-14-8-5-9-15-23)29-30(27(2,3)4,25-16-10-6-11-17-25)26-18-12-7-13-19-26/h5-19,21-22,24H,20H2,1-4H3;5-19,21-22,24H,20H2,1-4H3/t2*22-,24+/m00/s1. The maximum Gasteiger partial charge on any atom is 0.261 e. The molecule has 0 saturated carbocycles. The first kappa shape index (κ1) is 49.1. The first-order valence-electron chi connectivity index (χ1n) is 21.8. The van der Waals surface area contributed by atoms with Crippen molar-refractivity contribution in [3.8, 4) is 0 Å². The summed E-state index contributed by atoms with van der Waals surface area (Å²) < 4.78 is 15.4. The molecule has 0 fully saturated rings. The molecule has 0 aliphatic carbocycles. The van der Waals surface area contributed by atoms with Crippen molar-refractivity contribution in [2.75, 3.05) is 0 Å². The second kappa shape index (κ2) is 22.6. The maximum absolute atomic E-state index is 12.1. The molecular formula is C55H64Br2O3Si2. The molecule has 0 aliphatic rings. The van der Waals surface area contributed by atoms with E-state index >= 15 is 0 Å². The molecule has 0 heterocycles. The van der Waals surface area contributed by atoms with Gasteiger partial charge in [-0.3, -0.25) is 0 Å². The van der Waals surface area contributed by atoms with Gasteiger partial charge in [-0.05, 0) is 100 Å². The zero-order valence-corrected chi connectivity index (χ0v) is 42.9. The van der Waals surface area contributed by atoms with E-state index in [1.54, 1.807) is 0 Å². The quantitative estimate of drug-likeness (QED) is 0.0716. The van der Waals surface area contributed by atoms with Crippen LogP contribution in [0.25, 0.3) is 0 Å². The Morgan fingerprint density at radius 1 is 0.468 bits per heavy atom. The van der Waals surface area contributed by atoms with Crippen molar-refractivity contribution in [1.82, 2.24) is 0 Å². The summed E-state index contributed by atoms with van der Waals surface area (Å²) in [6.45, 7) is 18.1. The van der Waals surface area contributed by atoms with Crippen LogP contribution in [0, 0.1) is 11.8 Å². The number of carbonyl (C=O) groups is 1. The monoisotopic (exact) mass is 986 g/mol. The minimum Gasteiger partial charge on any atom is -0.404 e. The van der Waals surface area contributed by atoms with Gasteiger partial charge in [0.05, 0.1) is 9.50 Å². The topological polar surface area (TPSA) is 35.5 Å². The van der Waals surface area contributed by atoms with Crippen molar-refractivity contribution in [2.24, 2.45) is 11.8 Å². The fraction of sp³-hybridized carbons (Fsp3) is 0.291. The Kier molecular flexibility index (Phi) is 17.9. The molecule has 0 amide bonds. The molecule has 0 unspecified atom stereocenters. The molecule has 0 aliphatic heterocycles. The van der Waals surface area contributed by atoms with E-state index in [1.807, 2.05) is 30.3 Å². The highest BCUT2D eigenvalue weighted by atomic mass is 79.9. The maximum atomic E-state index is 12.1. The van der Waals surface area contributed by atoms with E-state index in [1.165, 1.54) is 26.3 Å². The van der Waals surface area contributed by atoms with Gasteiger partial charge in [0.2, 0.25) is 0 Å². The Labute approximate surface area is 391 Å². The minimum absolute atomic E-state index is 0.0200. The van der Waals surface area contributed by atoms with Gasteiger partial charge in [-0.25, -0.2) is 0 Å². The number of aldehydes is 1. The Bertz CT molecular complexity index is 2160. The van der Waals surface area contributed by atoms with Crippen LogP contribution in [0.15, 0.2) is 191 Å². The average molecular weight is 989 g/mol. The van der Waals surface area contributed by atoms with Gasteiger partial charge in [-0.15, -0.1) is 0 Å². The van der Waals surface area contributed by atoms with Crippen molar-refractivity contribution in [3.05, 3.63) is 203 Å². The second-order valence-electron chi connectivity index (χ2n) is 18.3. The van der Waals surface area contributed by atoms with E-state index in [2.05, 4.69) is 245 Å². The molecule has 0 bridgehead atoms. The number of hydrogen-bond acceptors (Lipinski definition) is 3. The van der Waals surface area contributed by atoms with Crippen molar-refractivity contribution in [3.63, 3.8) is 0 Å². The van der Waals surface area contributed by atoms with Crippen LogP contribution < -0.4 is 20.7 Å². The van der Waals surface area contributed by atoms with Crippen LogP contribution in [-0.4, -0.2) is 35.1 Å². The third kappa shape index (κ3) is 12.2. The first-order chi connectivity index (χ1) is 29.6. The predicted octanol–water partition coefficient (Wildman–Crippen LogP) is 12.5. The molecule has 7 heteroatoms. The smallest absolute Gasteiger partial charge is 0.261 e. The molecule has 6 aromatic rings. The van der Waals surface area contributed by atoms with Crippen molar-refractivity contribution in [2.45, 2.75) is 90.5 Å². The summed E-state index contributed by atoms with van der Waals surface area (Å²) in [4.78, 5) is 12.1. The second-order valence-corrected chi connectivity index (χ2v) is 29.6. The van der Waals surface area contributed by atoms with Gasteiger partial charge in [-0.2, -0.15) is 0 Å². The van der Waals surface area contributed by atoms with Crippen LogP contribution in [0.5, 0.6) is 0 Å². The molecule has 0 spiro atoms. The van der Waals surface area contributed by atoms with Gasteiger partial charge in [0.15, 0.2) is 0 Å². The molecule has 62 heavy (non-hydrogen) atoms. The normalized spacial score (nSPS) is 14.0. The highest BCUT2D eigenvalue weighted by Gasteiger charge is 2.52. The predicted molar refractivity (Wildman–Crippen MR) is 276 cm³/mol. The Balaban J connectivity index is 0.000000235. The lowest BCUT2D eigenvalue weighted by molar-refractivity contribution is -0.113. The Morgan fingerprint density at radius 3 is 0.984 bits per heavy atom.